The molecular formula is C18H30O4. The zero-order chi connectivity index (χ0) is 16.2. The summed E-state index contributed by atoms with van der Waals surface area (Å²) in [7, 11) is 0. The van der Waals surface area contributed by atoms with E-state index in [0.717, 1.165) is 51.4 Å². The summed E-state index contributed by atoms with van der Waals surface area (Å²) in [6, 6.07) is 8.48. The molecule has 0 fully saturated rings. The molecule has 4 N–H and O–H groups in total. The van der Waals surface area contributed by atoms with Crippen molar-refractivity contribution >= 4 is 0 Å². The average molecular weight is 310 g/mol. The summed E-state index contributed by atoms with van der Waals surface area (Å²) >= 11 is 0. The Morgan fingerprint density at radius 2 is 1.00 bits per heavy atom. The van der Waals surface area contributed by atoms with Crippen molar-refractivity contribution in [2.75, 3.05) is 0 Å². The minimum Gasteiger partial charge on any atom is -0.368 e. The molecule has 1 aromatic carbocycles. The van der Waals surface area contributed by atoms with Gasteiger partial charge in [0, 0.05) is 0 Å². The average Bonchev–Trinajstić information content (AvgIpc) is 2.47. The summed E-state index contributed by atoms with van der Waals surface area (Å²) in [6.45, 7) is 0. The maximum absolute atomic E-state index is 8.81. The van der Waals surface area contributed by atoms with Crippen LogP contribution >= 0.6 is 0 Å². The first kappa shape index (κ1) is 19.1. The van der Waals surface area contributed by atoms with E-state index >= 15 is 0 Å². The number of benzene rings is 1. The third kappa shape index (κ3) is 9.15. The molecule has 1 rings (SSSR count). The van der Waals surface area contributed by atoms with E-state index in [1.54, 1.807) is 0 Å². The van der Waals surface area contributed by atoms with E-state index in [1.165, 1.54) is 11.1 Å². The smallest absolute Gasteiger partial charge is 0.151 e. The zero-order valence-corrected chi connectivity index (χ0v) is 13.3. The van der Waals surface area contributed by atoms with Crippen molar-refractivity contribution in [2.45, 2.75) is 76.8 Å². The Bertz CT molecular complexity index is 353. The highest BCUT2D eigenvalue weighted by Gasteiger charge is 2.03. The second-order valence-electron chi connectivity index (χ2n) is 5.93. The Kier molecular flexibility index (Phi) is 10.1. The minimum atomic E-state index is -1.18. The number of hydrogen-bond donors (Lipinski definition) is 4. The minimum absolute atomic E-state index is 0.457. The number of rotatable bonds is 12. The fraction of sp³-hybridized carbons (Fsp3) is 0.667. The predicted octanol–water partition coefficient (Wildman–Crippen LogP) is 2.51. The van der Waals surface area contributed by atoms with Gasteiger partial charge >= 0.3 is 0 Å². The summed E-state index contributed by atoms with van der Waals surface area (Å²) < 4.78 is 0. The van der Waals surface area contributed by atoms with Crippen LogP contribution in [0.15, 0.2) is 24.3 Å². The molecule has 0 amide bonds. The predicted molar refractivity (Wildman–Crippen MR) is 87.2 cm³/mol. The highest BCUT2D eigenvalue weighted by molar-refractivity contribution is 5.27. The molecule has 22 heavy (non-hydrogen) atoms. The lowest BCUT2D eigenvalue weighted by molar-refractivity contribution is -0.0472. The molecule has 0 saturated heterocycles. The number of aryl methyl sites for hydroxylation is 2. The molecule has 0 radical (unpaired) electrons. The number of aliphatic hydroxyl groups is 4. The molecule has 0 atom stereocenters. The molecule has 1 aromatic rings. The van der Waals surface area contributed by atoms with Crippen molar-refractivity contribution in [3.8, 4) is 0 Å². The van der Waals surface area contributed by atoms with Crippen LogP contribution in [0.1, 0.15) is 62.5 Å². The van der Waals surface area contributed by atoms with Crippen molar-refractivity contribution < 1.29 is 20.4 Å². The van der Waals surface area contributed by atoms with Gasteiger partial charge in [0.05, 0.1) is 0 Å². The Labute approximate surface area is 133 Å². The van der Waals surface area contributed by atoms with Crippen molar-refractivity contribution in [1.29, 1.82) is 0 Å². The van der Waals surface area contributed by atoms with E-state index in [0.29, 0.717) is 12.8 Å². The molecule has 0 unspecified atom stereocenters. The van der Waals surface area contributed by atoms with Crippen LogP contribution in [0, 0.1) is 0 Å². The second kappa shape index (κ2) is 11.6. The Morgan fingerprint density at radius 1 is 0.591 bits per heavy atom. The van der Waals surface area contributed by atoms with E-state index < -0.39 is 12.6 Å². The van der Waals surface area contributed by atoms with Gasteiger partial charge in [-0.05, 0) is 62.5 Å². The summed E-state index contributed by atoms with van der Waals surface area (Å²) in [5.41, 5.74) is 2.77. The van der Waals surface area contributed by atoms with Gasteiger partial charge in [0.15, 0.2) is 12.6 Å². The molecule has 126 valence electrons. The van der Waals surface area contributed by atoms with Crippen LogP contribution in [0.2, 0.25) is 0 Å². The number of aliphatic hydroxyl groups excluding tert-OH is 2. The molecule has 0 aliphatic heterocycles. The summed E-state index contributed by atoms with van der Waals surface area (Å²) in [5, 5.41) is 35.2. The number of hydrogen-bond acceptors (Lipinski definition) is 4. The molecule has 0 heterocycles. The maximum Gasteiger partial charge on any atom is 0.151 e. The van der Waals surface area contributed by atoms with Crippen LogP contribution in [0.5, 0.6) is 0 Å². The first-order valence-electron chi connectivity index (χ1n) is 8.38. The highest BCUT2D eigenvalue weighted by Crippen LogP contribution is 2.17. The Balaban J connectivity index is 2.26. The van der Waals surface area contributed by atoms with Crippen molar-refractivity contribution in [2.24, 2.45) is 0 Å². The molecule has 0 spiro atoms. The fourth-order valence-corrected chi connectivity index (χ4v) is 2.68. The van der Waals surface area contributed by atoms with Gasteiger partial charge < -0.3 is 20.4 Å². The summed E-state index contributed by atoms with van der Waals surface area (Å²) in [6.07, 6.45) is 6.50. The van der Waals surface area contributed by atoms with Gasteiger partial charge in [0.2, 0.25) is 0 Å². The monoisotopic (exact) mass is 310 g/mol. The van der Waals surface area contributed by atoms with Gasteiger partial charge in [-0.3, -0.25) is 0 Å². The first-order valence-corrected chi connectivity index (χ1v) is 8.38. The molecule has 4 nitrogen and oxygen atoms in total. The number of unbranched alkanes of at least 4 members (excludes halogenated alkanes) is 4. The normalized spacial score (nSPS) is 11.5. The van der Waals surface area contributed by atoms with Crippen molar-refractivity contribution in [1.82, 2.24) is 0 Å². The summed E-state index contributed by atoms with van der Waals surface area (Å²) in [5.74, 6) is 0. The lowest BCUT2D eigenvalue weighted by atomic mass is 9.97. The van der Waals surface area contributed by atoms with Crippen LogP contribution in [0.25, 0.3) is 0 Å². The van der Waals surface area contributed by atoms with Crippen LogP contribution in [0.3, 0.4) is 0 Å². The molecule has 4 heteroatoms. The highest BCUT2D eigenvalue weighted by atomic mass is 16.5. The maximum atomic E-state index is 8.81. The SMILES string of the molecule is OC(O)CCCCCc1ccccc1CCCCCC(O)O. The third-order valence-corrected chi connectivity index (χ3v) is 3.94. The zero-order valence-electron chi connectivity index (χ0n) is 13.3. The second-order valence-corrected chi connectivity index (χ2v) is 5.93. The van der Waals surface area contributed by atoms with Crippen LogP contribution < -0.4 is 0 Å². The lowest BCUT2D eigenvalue weighted by Gasteiger charge is -2.10. The van der Waals surface area contributed by atoms with Crippen LogP contribution in [-0.2, 0) is 12.8 Å². The Morgan fingerprint density at radius 3 is 1.36 bits per heavy atom. The van der Waals surface area contributed by atoms with Crippen LogP contribution in [-0.4, -0.2) is 33.0 Å². The van der Waals surface area contributed by atoms with E-state index in [9.17, 15) is 0 Å². The van der Waals surface area contributed by atoms with Gasteiger partial charge in [0.25, 0.3) is 0 Å². The van der Waals surface area contributed by atoms with Gasteiger partial charge in [-0.2, -0.15) is 0 Å². The van der Waals surface area contributed by atoms with E-state index in [-0.39, 0.29) is 0 Å². The van der Waals surface area contributed by atoms with Gasteiger partial charge in [-0.25, -0.2) is 0 Å². The molecule has 0 bridgehead atoms. The van der Waals surface area contributed by atoms with E-state index in [2.05, 4.69) is 24.3 Å². The van der Waals surface area contributed by atoms with Crippen molar-refractivity contribution in [3.63, 3.8) is 0 Å². The van der Waals surface area contributed by atoms with Crippen molar-refractivity contribution in [3.05, 3.63) is 35.4 Å². The van der Waals surface area contributed by atoms with Gasteiger partial charge in [-0.15, -0.1) is 0 Å². The van der Waals surface area contributed by atoms with Gasteiger partial charge in [-0.1, -0.05) is 37.1 Å². The Hall–Kier alpha value is -0.940. The molecule has 0 aromatic heterocycles. The van der Waals surface area contributed by atoms with E-state index in [4.69, 9.17) is 20.4 Å². The quantitative estimate of drug-likeness (QED) is 0.353. The largest absolute Gasteiger partial charge is 0.368 e. The lowest BCUT2D eigenvalue weighted by Crippen LogP contribution is -2.03. The first-order chi connectivity index (χ1) is 10.6. The van der Waals surface area contributed by atoms with Gasteiger partial charge in [0.1, 0.15) is 0 Å². The molecule has 0 saturated carbocycles. The summed E-state index contributed by atoms with van der Waals surface area (Å²) in [4.78, 5) is 0. The molecule has 0 aliphatic carbocycles. The molecular weight excluding hydrogens is 280 g/mol. The topological polar surface area (TPSA) is 80.9 Å². The van der Waals surface area contributed by atoms with E-state index in [1.807, 2.05) is 0 Å². The third-order valence-electron chi connectivity index (χ3n) is 3.94. The van der Waals surface area contributed by atoms with Crippen LogP contribution in [0.4, 0.5) is 0 Å². The fourth-order valence-electron chi connectivity index (χ4n) is 2.68. The molecule has 0 aliphatic rings. The standard InChI is InChI=1S/C18H30O4/c19-17(20)13-5-1-3-9-15-11-7-8-12-16(15)10-4-2-6-14-18(21)22/h7-8,11-12,17-22H,1-6,9-10,13-14H2.